The zero-order chi connectivity index (χ0) is 15.0. The van der Waals surface area contributed by atoms with Gasteiger partial charge in [0.15, 0.2) is 0 Å². The van der Waals surface area contributed by atoms with Crippen LogP contribution in [0.1, 0.15) is 0 Å². The number of rotatable bonds is 3. The van der Waals surface area contributed by atoms with Gasteiger partial charge in [0.1, 0.15) is 0 Å². The molecule has 104 valence electrons. The topological polar surface area (TPSA) is 104 Å². The number of benzene rings is 2. The zero-order valence-corrected chi connectivity index (χ0v) is 10.5. The molecule has 0 aliphatic carbocycles. The second-order valence-corrected chi connectivity index (χ2v) is 4.33. The monoisotopic (exact) mass is 284 g/mol. The van der Waals surface area contributed by atoms with Crippen molar-refractivity contribution in [3.05, 3.63) is 68.9 Å². The molecule has 0 saturated carbocycles. The van der Waals surface area contributed by atoms with Crippen LogP contribution in [0.3, 0.4) is 0 Å². The highest BCUT2D eigenvalue weighted by Crippen LogP contribution is 2.24. The number of nitro groups is 2. The summed E-state index contributed by atoms with van der Waals surface area (Å²) >= 11 is 0. The summed E-state index contributed by atoms with van der Waals surface area (Å²) in [7, 11) is 0. The molecule has 0 fully saturated rings. The van der Waals surface area contributed by atoms with E-state index < -0.39 is 9.85 Å². The van der Waals surface area contributed by atoms with Gasteiger partial charge in [-0.2, -0.15) is 5.10 Å². The van der Waals surface area contributed by atoms with E-state index in [9.17, 15) is 20.2 Å². The van der Waals surface area contributed by atoms with Gasteiger partial charge >= 0.3 is 0 Å². The van der Waals surface area contributed by atoms with E-state index in [0.29, 0.717) is 11.2 Å². The Morgan fingerprint density at radius 2 is 1.52 bits per heavy atom. The fraction of sp³-hybridized carbons (Fsp3) is 0. The van der Waals surface area contributed by atoms with E-state index in [1.165, 1.54) is 28.9 Å². The Kier molecular flexibility index (Phi) is 2.83. The molecule has 21 heavy (non-hydrogen) atoms. The maximum Gasteiger partial charge on any atom is 0.271 e. The molecule has 0 aliphatic rings. The van der Waals surface area contributed by atoms with Crippen molar-refractivity contribution in [1.82, 2.24) is 9.78 Å². The van der Waals surface area contributed by atoms with Crippen LogP contribution in [0.4, 0.5) is 11.4 Å². The number of hydrogen-bond donors (Lipinski definition) is 0. The molecule has 0 N–H and O–H groups in total. The summed E-state index contributed by atoms with van der Waals surface area (Å²) in [5.41, 5.74) is 1.10. The van der Waals surface area contributed by atoms with Crippen LogP contribution < -0.4 is 0 Å². The van der Waals surface area contributed by atoms with Gasteiger partial charge in [0.2, 0.25) is 0 Å². The summed E-state index contributed by atoms with van der Waals surface area (Å²) in [6.45, 7) is 0. The maximum absolute atomic E-state index is 10.8. The number of nitro benzene ring substituents is 2. The number of aromatic nitrogens is 2. The molecule has 0 aliphatic heterocycles. The number of fused-ring (bicyclic) bond motifs is 1. The molecule has 1 heterocycles. The van der Waals surface area contributed by atoms with Gasteiger partial charge in [-0.3, -0.25) is 20.2 Å². The normalized spacial score (nSPS) is 10.7. The van der Waals surface area contributed by atoms with Crippen LogP contribution in [0.2, 0.25) is 0 Å². The van der Waals surface area contributed by atoms with Crippen molar-refractivity contribution in [2.75, 3.05) is 0 Å². The van der Waals surface area contributed by atoms with Crippen LogP contribution in [0.25, 0.3) is 16.6 Å². The maximum atomic E-state index is 10.8. The first kappa shape index (κ1) is 12.7. The van der Waals surface area contributed by atoms with Crippen molar-refractivity contribution < 1.29 is 9.85 Å². The summed E-state index contributed by atoms with van der Waals surface area (Å²) in [6.07, 6.45) is 1.58. The highest BCUT2D eigenvalue weighted by atomic mass is 16.6. The summed E-state index contributed by atoms with van der Waals surface area (Å²) in [5.74, 6) is 0. The van der Waals surface area contributed by atoms with Crippen molar-refractivity contribution in [1.29, 1.82) is 0 Å². The van der Waals surface area contributed by atoms with Crippen LogP contribution in [0.15, 0.2) is 48.7 Å². The van der Waals surface area contributed by atoms with E-state index in [1.807, 2.05) is 0 Å². The number of hydrogen-bond acceptors (Lipinski definition) is 5. The standard InChI is InChI=1S/C13H8N4O4/c18-16(19)11-5-3-10(4-6-11)15-13-7-12(17(20)21)2-1-9(13)8-14-15/h1-8H. The second-order valence-electron chi connectivity index (χ2n) is 4.33. The van der Waals surface area contributed by atoms with Crippen LogP contribution in [-0.4, -0.2) is 19.6 Å². The quantitative estimate of drug-likeness (QED) is 0.543. The van der Waals surface area contributed by atoms with E-state index in [0.717, 1.165) is 5.39 Å². The van der Waals surface area contributed by atoms with Gasteiger partial charge in [0.05, 0.1) is 27.2 Å². The minimum absolute atomic E-state index is 0.0267. The smallest absolute Gasteiger partial charge is 0.258 e. The first-order chi connectivity index (χ1) is 10.1. The Morgan fingerprint density at radius 3 is 2.14 bits per heavy atom. The molecule has 1 aromatic heterocycles. The van der Waals surface area contributed by atoms with Gasteiger partial charge in [0, 0.05) is 29.7 Å². The predicted octanol–water partition coefficient (Wildman–Crippen LogP) is 2.84. The molecule has 2 aromatic carbocycles. The van der Waals surface area contributed by atoms with Gasteiger partial charge in [-0.25, -0.2) is 4.68 Å². The Balaban J connectivity index is 2.13. The molecule has 0 saturated heterocycles. The van der Waals surface area contributed by atoms with Crippen LogP contribution in [0, 0.1) is 20.2 Å². The highest BCUT2D eigenvalue weighted by Gasteiger charge is 2.12. The fourth-order valence-corrected chi connectivity index (χ4v) is 2.04. The molecule has 8 nitrogen and oxygen atoms in total. The SMILES string of the molecule is O=[N+]([O-])c1ccc(-n2ncc3ccc([N+](=O)[O-])cc32)cc1. The van der Waals surface area contributed by atoms with Gasteiger partial charge in [-0.1, -0.05) is 0 Å². The molecule has 0 amide bonds. The highest BCUT2D eigenvalue weighted by molar-refractivity contribution is 5.82. The molecule has 8 heteroatoms. The van der Waals surface area contributed by atoms with Gasteiger partial charge in [-0.15, -0.1) is 0 Å². The molecule has 3 rings (SSSR count). The first-order valence-corrected chi connectivity index (χ1v) is 5.93. The predicted molar refractivity (Wildman–Crippen MR) is 74.4 cm³/mol. The third-order valence-corrected chi connectivity index (χ3v) is 3.07. The van der Waals surface area contributed by atoms with E-state index in [2.05, 4.69) is 5.10 Å². The minimum atomic E-state index is -0.490. The lowest BCUT2D eigenvalue weighted by Crippen LogP contribution is -1.97. The average molecular weight is 284 g/mol. The van der Waals surface area contributed by atoms with Gasteiger partial charge in [-0.05, 0) is 18.2 Å². The molecule has 3 aromatic rings. The van der Waals surface area contributed by atoms with E-state index >= 15 is 0 Å². The molecule has 0 radical (unpaired) electrons. The lowest BCUT2D eigenvalue weighted by Gasteiger charge is -2.03. The Bertz CT molecular complexity index is 854. The van der Waals surface area contributed by atoms with E-state index in [-0.39, 0.29) is 11.4 Å². The summed E-state index contributed by atoms with van der Waals surface area (Å²) in [6, 6.07) is 10.3. The van der Waals surface area contributed by atoms with E-state index in [4.69, 9.17) is 0 Å². The Labute approximate surface area is 117 Å². The number of nitrogens with zero attached hydrogens (tertiary/aromatic N) is 4. The van der Waals surface area contributed by atoms with Crippen molar-refractivity contribution in [2.24, 2.45) is 0 Å². The molecule has 0 spiro atoms. The zero-order valence-electron chi connectivity index (χ0n) is 10.5. The van der Waals surface area contributed by atoms with Crippen molar-refractivity contribution in [3.8, 4) is 5.69 Å². The molecule has 0 bridgehead atoms. The Hall–Kier alpha value is -3.29. The third kappa shape index (κ3) is 2.18. The van der Waals surface area contributed by atoms with Crippen LogP contribution in [0.5, 0.6) is 0 Å². The lowest BCUT2D eigenvalue weighted by atomic mass is 10.2. The van der Waals surface area contributed by atoms with Crippen molar-refractivity contribution >= 4 is 22.3 Å². The summed E-state index contributed by atoms with van der Waals surface area (Å²) in [4.78, 5) is 20.5. The van der Waals surface area contributed by atoms with Gasteiger partial charge < -0.3 is 0 Å². The van der Waals surface area contributed by atoms with Gasteiger partial charge in [0.25, 0.3) is 11.4 Å². The molecular weight excluding hydrogens is 276 g/mol. The summed E-state index contributed by atoms with van der Waals surface area (Å²) < 4.78 is 1.51. The van der Waals surface area contributed by atoms with Crippen LogP contribution >= 0.6 is 0 Å². The number of non-ortho nitro benzene ring substituents is 2. The first-order valence-electron chi connectivity index (χ1n) is 5.93. The average Bonchev–Trinajstić information content (AvgIpc) is 2.90. The Morgan fingerprint density at radius 1 is 0.905 bits per heavy atom. The molecule has 0 atom stereocenters. The second kappa shape index (κ2) is 4.67. The van der Waals surface area contributed by atoms with Crippen molar-refractivity contribution in [3.63, 3.8) is 0 Å². The third-order valence-electron chi connectivity index (χ3n) is 3.07. The summed E-state index contributed by atoms with van der Waals surface area (Å²) in [5, 5.41) is 26.4. The minimum Gasteiger partial charge on any atom is -0.258 e. The molecule has 0 unspecified atom stereocenters. The largest absolute Gasteiger partial charge is 0.271 e. The van der Waals surface area contributed by atoms with E-state index in [1.54, 1.807) is 24.4 Å². The molecular formula is C13H8N4O4. The lowest BCUT2D eigenvalue weighted by molar-refractivity contribution is -0.385. The van der Waals surface area contributed by atoms with Crippen LogP contribution in [-0.2, 0) is 0 Å². The fourth-order valence-electron chi connectivity index (χ4n) is 2.04. The van der Waals surface area contributed by atoms with Crippen molar-refractivity contribution in [2.45, 2.75) is 0 Å².